The number of carbonyl (C=O) groups excluding carboxylic acids is 2. The van der Waals surface area contributed by atoms with Crippen molar-refractivity contribution in [2.45, 2.75) is 23.9 Å². The average molecular weight is 376 g/mol. The molecule has 5 heteroatoms. The van der Waals surface area contributed by atoms with Crippen LogP contribution in [0.3, 0.4) is 0 Å². The second-order valence-electron chi connectivity index (χ2n) is 6.82. The number of hydrogen-bond donors (Lipinski definition) is 1. The van der Waals surface area contributed by atoms with Crippen LogP contribution in [0, 0.1) is 0 Å². The van der Waals surface area contributed by atoms with E-state index in [4.69, 9.17) is 0 Å². The van der Waals surface area contributed by atoms with E-state index in [-0.39, 0.29) is 18.5 Å². The number of hydrogen-bond acceptors (Lipinski definition) is 3. The molecule has 0 unspecified atom stereocenters. The lowest BCUT2D eigenvalue weighted by molar-refractivity contribution is -0.131. The van der Waals surface area contributed by atoms with Gasteiger partial charge in [0.25, 0.3) is 5.91 Å². The SMILES string of the molecule is CSc1ccc(CN2C(=O)N[C@@](C)(c3cccc4ccccc34)C2=O)cc1. The second kappa shape index (κ2) is 6.74. The van der Waals surface area contributed by atoms with Crippen LogP contribution in [0.25, 0.3) is 10.8 Å². The summed E-state index contributed by atoms with van der Waals surface area (Å²) >= 11 is 1.66. The fraction of sp³-hybridized carbons (Fsp3) is 0.182. The molecule has 0 radical (unpaired) electrons. The summed E-state index contributed by atoms with van der Waals surface area (Å²) in [5.74, 6) is -0.224. The van der Waals surface area contributed by atoms with E-state index in [1.54, 1.807) is 18.7 Å². The first-order chi connectivity index (χ1) is 13.0. The molecule has 0 bridgehead atoms. The Hall–Kier alpha value is -2.79. The molecule has 4 rings (SSSR count). The highest BCUT2D eigenvalue weighted by Gasteiger charge is 2.49. The molecule has 0 aromatic heterocycles. The summed E-state index contributed by atoms with van der Waals surface area (Å²) in [5.41, 5.74) is 0.676. The van der Waals surface area contributed by atoms with Gasteiger partial charge in [-0.3, -0.25) is 9.69 Å². The average Bonchev–Trinajstić information content (AvgIpc) is 2.92. The van der Waals surface area contributed by atoms with Crippen molar-refractivity contribution in [2.75, 3.05) is 6.26 Å². The van der Waals surface area contributed by atoms with Gasteiger partial charge in [0.2, 0.25) is 0 Å². The number of fused-ring (bicyclic) bond motifs is 1. The highest BCUT2D eigenvalue weighted by Crippen LogP contribution is 2.34. The summed E-state index contributed by atoms with van der Waals surface area (Å²) < 4.78 is 0. The molecule has 3 amide bonds. The van der Waals surface area contributed by atoms with Gasteiger partial charge >= 0.3 is 6.03 Å². The summed E-state index contributed by atoms with van der Waals surface area (Å²) in [6.07, 6.45) is 2.02. The van der Waals surface area contributed by atoms with Crippen LogP contribution in [0.5, 0.6) is 0 Å². The van der Waals surface area contributed by atoms with Crippen molar-refractivity contribution in [1.29, 1.82) is 0 Å². The van der Waals surface area contributed by atoms with Crippen molar-refractivity contribution in [1.82, 2.24) is 10.2 Å². The lowest BCUT2D eigenvalue weighted by Crippen LogP contribution is -2.41. The standard InChI is InChI=1S/C22H20N2O2S/c1-22(19-9-5-7-16-6-3-4-8-18(16)19)20(25)24(21(26)23-22)14-15-10-12-17(27-2)13-11-15/h3-13H,14H2,1-2H3,(H,23,26)/t22-/m0/s1. The number of urea groups is 1. The maximum absolute atomic E-state index is 13.2. The normalized spacial score (nSPS) is 19.6. The third-order valence-electron chi connectivity index (χ3n) is 5.10. The van der Waals surface area contributed by atoms with Gasteiger partial charge in [0.1, 0.15) is 5.54 Å². The summed E-state index contributed by atoms with van der Waals surface area (Å²) in [4.78, 5) is 28.3. The third kappa shape index (κ3) is 2.98. The van der Waals surface area contributed by atoms with Crippen molar-refractivity contribution < 1.29 is 9.59 Å². The van der Waals surface area contributed by atoms with E-state index in [2.05, 4.69) is 5.32 Å². The van der Waals surface area contributed by atoms with Crippen LogP contribution >= 0.6 is 11.8 Å². The fourth-order valence-corrected chi connectivity index (χ4v) is 4.01. The molecule has 1 aliphatic heterocycles. The van der Waals surface area contributed by atoms with Crippen LogP contribution in [0.1, 0.15) is 18.1 Å². The molecule has 3 aromatic rings. The minimum absolute atomic E-state index is 0.224. The first-order valence-corrected chi connectivity index (χ1v) is 10.0. The van der Waals surface area contributed by atoms with E-state index in [1.807, 2.05) is 73.0 Å². The van der Waals surface area contributed by atoms with Crippen LogP contribution in [-0.2, 0) is 16.9 Å². The maximum Gasteiger partial charge on any atom is 0.325 e. The molecule has 1 fully saturated rings. The number of carbonyl (C=O) groups is 2. The second-order valence-corrected chi connectivity index (χ2v) is 7.70. The van der Waals surface area contributed by atoms with Crippen LogP contribution in [-0.4, -0.2) is 23.1 Å². The summed E-state index contributed by atoms with van der Waals surface area (Å²) in [6.45, 7) is 2.05. The molecule has 1 aliphatic rings. The van der Waals surface area contributed by atoms with Gasteiger partial charge in [0.15, 0.2) is 0 Å². The highest BCUT2D eigenvalue weighted by molar-refractivity contribution is 7.98. The fourth-order valence-electron chi connectivity index (χ4n) is 3.60. The van der Waals surface area contributed by atoms with E-state index in [0.717, 1.165) is 26.8 Å². The lowest BCUT2D eigenvalue weighted by Gasteiger charge is -2.24. The molecular formula is C22H20N2O2S. The number of nitrogens with one attached hydrogen (secondary N) is 1. The van der Waals surface area contributed by atoms with E-state index in [0.29, 0.717) is 0 Å². The zero-order valence-electron chi connectivity index (χ0n) is 15.2. The van der Waals surface area contributed by atoms with Crippen LogP contribution in [0.2, 0.25) is 0 Å². The van der Waals surface area contributed by atoms with E-state index >= 15 is 0 Å². The zero-order valence-corrected chi connectivity index (χ0v) is 16.0. The van der Waals surface area contributed by atoms with Gasteiger partial charge in [-0.1, -0.05) is 54.6 Å². The van der Waals surface area contributed by atoms with Gasteiger partial charge in [0.05, 0.1) is 6.54 Å². The number of rotatable bonds is 4. The predicted molar refractivity (Wildman–Crippen MR) is 109 cm³/mol. The molecule has 1 atom stereocenters. The largest absolute Gasteiger partial charge is 0.325 e. The molecular weight excluding hydrogens is 356 g/mol. The molecule has 1 heterocycles. The highest BCUT2D eigenvalue weighted by atomic mass is 32.2. The predicted octanol–water partition coefficient (Wildman–Crippen LogP) is 4.53. The Kier molecular flexibility index (Phi) is 4.40. The number of thioether (sulfide) groups is 1. The van der Waals surface area contributed by atoms with E-state index < -0.39 is 5.54 Å². The van der Waals surface area contributed by atoms with Crippen LogP contribution < -0.4 is 5.32 Å². The number of amides is 3. The Morgan fingerprint density at radius 3 is 2.41 bits per heavy atom. The van der Waals surface area contributed by atoms with Gasteiger partial charge in [0, 0.05) is 4.90 Å². The molecule has 1 N–H and O–H groups in total. The molecule has 0 saturated carbocycles. The Morgan fingerprint density at radius 1 is 0.963 bits per heavy atom. The topological polar surface area (TPSA) is 49.4 Å². The van der Waals surface area contributed by atoms with Crippen molar-refractivity contribution >= 4 is 34.5 Å². The molecule has 1 saturated heterocycles. The minimum Gasteiger partial charge on any atom is -0.319 e. The van der Waals surface area contributed by atoms with E-state index in [9.17, 15) is 9.59 Å². The van der Waals surface area contributed by atoms with Crippen molar-refractivity contribution in [3.63, 3.8) is 0 Å². The van der Waals surface area contributed by atoms with Crippen molar-refractivity contribution in [3.8, 4) is 0 Å². The molecule has 0 aliphatic carbocycles. The summed E-state index contributed by atoms with van der Waals surface area (Å²) in [7, 11) is 0. The molecule has 0 spiro atoms. The van der Waals surface area contributed by atoms with Crippen molar-refractivity contribution in [3.05, 3.63) is 77.9 Å². The molecule has 27 heavy (non-hydrogen) atoms. The smallest absolute Gasteiger partial charge is 0.319 e. The Labute approximate surface area is 162 Å². The van der Waals surface area contributed by atoms with Crippen molar-refractivity contribution in [2.24, 2.45) is 0 Å². The van der Waals surface area contributed by atoms with Crippen LogP contribution in [0.15, 0.2) is 71.6 Å². The minimum atomic E-state index is -1.07. The van der Waals surface area contributed by atoms with Gasteiger partial charge in [-0.25, -0.2) is 4.79 Å². The van der Waals surface area contributed by atoms with Gasteiger partial charge < -0.3 is 5.32 Å². The quantitative estimate of drug-likeness (QED) is 0.538. The molecule has 3 aromatic carbocycles. The number of nitrogens with zero attached hydrogens (tertiary/aromatic N) is 1. The first kappa shape index (κ1) is 17.6. The Bertz CT molecular complexity index is 1030. The Balaban J connectivity index is 1.68. The van der Waals surface area contributed by atoms with Gasteiger partial charge in [-0.15, -0.1) is 11.8 Å². The van der Waals surface area contributed by atoms with E-state index in [1.165, 1.54) is 4.90 Å². The zero-order chi connectivity index (χ0) is 19.0. The van der Waals surface area contributed by atoms with Gasteiger partial charge in [-0.05, 0) is 47.2 Å². The first-order valence-electron chi connectivity index (χ1n) is 8.78. The third-order valence-corrected chi connectivity index (χ3v) is 5.85. The Morgan fingerprint density at radius 2 is 1.67 bits per heavy atom. The monoisotopic (exact) mass is 376 g/mol. The molecule has 136 valence electrons. The van der Waals surface area contributed by atoms with Crippen LogP contribution in [0.4, 0.5) is 4.79 Å². The van der Waals surface area contributed by atoms with Gasteiger partial charge in [-0.2, -0.15) is 0 Å². The molecule has 4 nitrogen and oxygen atoms in total. The summed E-state index contributed by atoms with van der Waals surface area (Å²) in [6, 6.07) is 21.3. The number of imide groups is 1. The lowest BCUT2D eigenvalue weighted by atomic mass is 9.88. The summed E-state index contributed by atoms with van der Waals surface area (Å²) in [5, 5.41) is 4.93. The maximum atomic E-state index is 13.2. The number of benzene rings is 3.